The number of benzene rings is 1. The summed E-state index contributed by atoms with van der Waals surface area (Å²) >= 11 is 0. The largest absolute Gasteiger partial charge is 0.440 e. The zero-order valence-corrected chi connectivity index (χ0v) is 13.2. The third kappa shape index (κ3) is 3.33. The molecule has 3 rings (SSSR count). The molecule has 4 nitrogen and oxygen atoms in total. The number of carbonyl (C=O) groups excluding carboxylic acids is 1. The lowest BCUT2D eigenvalue weighted by atomic mass is 9.92. The first kappa shape index (κ1) is 17.0. The lowest BCUT2D eigenvalue weighted by Crippen LogP contribution is -2.50. The van der Waals surface area contributed by atoms with Crippen molar-refractivity contribution in [2.24, 2.45) is 0 Å². The van der Waals surface area contributed by atoms with Gasteiger partial charge in [0, 0.05) is 20.1 Å². The number of halogens is 4. The van der Waals surface area contributed by atoms with Gasteiger partial charge >= 0.3 is 12.3 Å². The average molecular weight is 346 g/mol. The van der Waals surface area contributed by atoms with Gasteiger partial charge in [0.25, 0.3) is 0 Å². The lowest BCUT2D eigenvalue weighted by Gasteiger charge is -2.38. The van der Waals surface area contributed by atoms with Gasteiger partial charge in [0.05, 0.1) is 12.1 Å². The summed E-state index contributed by atoms with van der Waals surface area (Å²) in [5.74, 6) is -1.27. The molecule has 0 saturated carbocycles. The first-order valence-corrected chi connectivity index (χ1v) is 7.71. The van der Waals surface area contributed by atoms with Gasteiger partial charge in [0.1, 0.15) is 11.4 Å². The molecule has 1 spiro atoms. The van der Waals surface area contributed by atoms with Gasteiger partial charge in [0.15, 0.2) is 0 Å². The van der Waals surface area contributed by atoms with Gasteiger partial charge in [0.2, 0.25) is 0 Å². The minimum absolute atomic E-state index is 0.256. The number of piperidine rings is 1. The molecule has 0 aliphatic carbocycles. The van der Waals surface area contributed by atoms with E-state index in [0.29, 0.717) is 25.2 Å². The smallest absolute Gasteiger partial charge is 0.419 e. The van der Waals surface area contributed by atoms with Gasteiger partial charge in [-0.1, -0.05) is 6.07 Å². The van der Waals surface area contributed by atoms with Crippen molar-refractivity contribution >= 4 is 6.09 Å². The Hall–Kier alpha value is -1.83. The lowest BCUT2D eigenvalue weighted by molar-refractivity contribution is -0.140. The molecule has 1 aromatic rings. The molecule has 1 amide bonds. The molecule has 0 radical (unpaired) electrons. The van der Waals surface area contributed by atoms with Crippen LogP contribution >= 0.6 is 0 Å². The van der Waals surface area contributed by atoms with E-state index < -0.39 is 23.2 Å². The van der Waals surface area contributed by atoms with Gasteiger partial charge in [-0.2, -0.15) is 13.2 Å². The van der Waals surface area contributed by atoms with E-state index >= 15 is 0 Å². The van der Waals surface area contributed by atoms with Crippen molar-refractivity contribution in [2.45, 2.75) is 31.2 Å². The molecular formula is C16H18F4N2O2. The Balaban J connectivity index is 1.74. The van der Waals surface area contributed by atoms with Crippen molar-refractivity contribution in [1.82, 2.24) is 9.80 Å². The number of carbonyl (C=O) groups is 1. The zero-order valence-electron chi connectivity index (χ0n) is 13.2. The van der Waals surface area contributed by atoms with Gasteiger partial charge in [-0.05, 0) is 37.1 Å². The monoisotopic (exact) mass is 346 g/mol. The van der Waals surface area contributed by atoms with E-state index in [1.807, 2.05) is 4.90 Å². The van der Waals surface area contributed by atoms with Crippen LogP contribution < -0.4 is 0 Å². The van der Waals surface area contributed by atoms with Crippen molar-refractivity contribution < 1.29 is 27.1 Å². The van der Waals surface area contributed by atoms with Crippen LogP contribution in [0.5, 0.6) is 0 Å². The molecule has 8 heteroatoms. The van der Waals surface area contributed by atoms with Crippen molar-refractivity contribution in [3.8, 4) is 0 Å². The maximum absolute atomic E-state index is 13.4. The van der Waals surface area contributed by atoms with Crippen LogP contribution in [0.3, 0.4) is 0 Å². The molecule has 1 atom stereocenters. The Labute approximate surface area is 137 Å². The molecule has 0 N–H and O–H groups in total. The van der Waals surface area contributed by atoms with Crippen molar-refractivity contribution in [1.29, 1.82) is 0 Å². The summed E-state index contributed by atoms with van der Waals surface area (Å²) in [5, 5.41) is 0. The van der Waals surface area contributed by atoms with E-state index in [1.165, 1.54) is 11.0 Å². The number of amides is 1. The van der Waals surface area contributed by atoms with Gasteiger partial charge < -0.3 is 9.64 Å². The highest BCUT2D eigenvalue weighted by Gasteiger charge is 2.46. The highest BCUT2D eigenvalue weighted by Crippen LogP contribution is 2.34. The Morgan fingerprint density at radius 1 is 1.29 bits per heavy atom. The Morgan fingerprint density at radius 2 is 2.04 bits per heavy atom. The van der Waals surface area contributed by atoms with Crippen LogP contribution in [0.2, 0.25) is 0 Å². The predicted octanol–water partition coefficient (Wildman–Crippen LogP) is 3.26. The van der Waals surface area contributed by atoms with Crippen LogP contribution in [-0.2, 0) is 17.5 Å². The molecule has 2 fully saturated rings. The van der Waals surface area contributed by atoms with Crippen molar-refractivity contribution in [3.63, 3.8) is 0 Å². The summed E-state index contributed by atoms with van der Waals surface area (Å²) in [6.07, 6.45) is -3.57. The second-order valence-electron chi connectivity index (χ2n) is 6.53. The second kappa shape index (κ2) is 5.91. The first-order chi connectivity index (χ1) is 11.2. The Kier molecular flexibility index (Phi) is 4.19. The number of hydrogen-bond donors (Lipinski definition) is 0. The third-order valence-electron chi connectivity index (χ3n) is 4.50. The normalized spacial score (nSPS) is 25.4. The Morgan fingerprint density at radius 3 is 2.67 bits per heavy atom. The predicted molar refractivity (Wildman–Crippen MR) is 77.8 cm³/mol. The van der Waals surface area contributed by atoms with Crippen molar-refractivity contribution in [3.05, 3.63) is 35.1 Å². The molecule has 0 bridgehead atoms. The van der Waals surface area contributed by atoms with E-state index in [4.69, 9.17) is 4.74 Å². The molecule has 1 aromatic carbocycles. The maximum Gasteiger partial charge on any atom is 0.419 e. The second-order valence-corrected chi connectivity index (χ2v) is 6.53. The molecular weight excluding hydrogens is 328 g/mol. The van der Waals surface area contributed by atoms with E-state index in [2.05, 4.69) is 0 Å². The van der Waals surface area contributed by atoms with Crippen LogP contribution in [0, 0.1) is 5.82 Å². The summed E-state index contributed by atoms with van der Waals surface area (Å²) in [6, 6.07) is 3.06. The number of alkyl halides is 3. The van der Waals surface area contributed by atoms with Crippen LogP contribution in [0.25, 0.3) is 0 Å². The molecule has 24 heavy (non-hydrogen) atoms. The maximum atomic E-state index is 13.4. The van der Waals surface area contributed by atoms with Crippen molar-refractivity contribution in [2.75, 3.05) is 26.7 Å². The number of likely N-dealkylation sites (tertiary alicyclic amines) is 1. The highest BCUT2D eigenvalue weighted by molar-refractivity contribution is 5.70. The molecule has 0 unspecified atom stereocenters. The summed E-state index contributed by atoms with van der Waals surface area (Å²) in [5.41, 5.74) is -1.46. The summed E-state index contributed by atoms with van der Waals surface area (Å²) in [7, 11) is 1.66. The van der Waals surface area contributed by atoms with E-state index in [-0.39, 0.29) is 12.6 Å². The SMILES string of the molecule is CN1C[C@@]2(CCCN(Cc3ccc(F)c(C(F)(F)F)c3)C2)OC1=O. The fraction of sp³-hybridized carbons (Fsp3) is 0.562. The molecule has 132 valence electrons. The number of hydrogen-bond acceptors (Lipinski definition) is 3. The topological polar surface area (TPSA) is 32.8 Å². The van der Waals surface area contributed by atoms with Gasteiger partial charge in [-0.25, -0.2) is 9.18 Å². The Bertz CT molecular complexity index is 649. The number of rotatable bonds is 2. The van der Waals surface area contributed by atoms with Crippen LogP contribution in [0.15, 0.2) is 18.2 Å². The van der Waals surface area contributed by atoms with Crippen LogP contribution in [0.4, 0.5) is 22.4 Å². The van der Waals surface area contributed by atoms with Gasteiger partial charge in [-0.3, -0.25) is 4.90 Å². The van der Waals surface area contributed by atoms with E-state index in [9.17, 15) is 22.4 Å². The molecule has 0 aromatic heterocycles. The fourth-order valence-electron chi connectivity index (χ4n) is 3.48. The molecule has 2 aliphatic rings. The molecule has 2 aliphatic heterocycles. The standard InChI is InChI=1S/C16H18F4N2O2/c1-21-9-15(24-14(21)23)5-2-6-22(10-15)8-11-3-4-13(17)12(7-11)16(18,19)20/h3-4,7H,2,5-6,8-10H2,1H3/t15-/m1/s1. The number of ether oxygens (including phenoxy) is 1. The fourth-order valence-corrected chi connectivity index (χ4v) is 3.48. The highest BCUT2D eigenvalue weighted by atomic mass is 19.4. The summed E-state index contributed by atoms with van der Waals surface area (Å²) in [4.78, 5) is 15.1. The first-order valence-electron chi connectivity index (χ1n) is 7.71. The van der Waals surface area contributed by atoms with Crippen LogP contribution in [0.1, 0.15) is 24.0 Å². The molecule has 2 heterocycles. The summed E-state index contributed by atoms with van der Waals surface area (Å²) in [6.45, 7) is 1.88. The minimum Gasteiger partial charge on any atom is -0.440 e. The van der Waals surface area contributed by atoms with Gasteiger partial charge in [-0.15, -0.1) is 0 Å². The number of likely N-dealkylation sites (N-methyl/N-ethyl adjacent to an activating group) is 1. The van der Waals surface area contributed by atoms with Crippen LogP contribution in [-0.4, -0.2) is 48.2 Å². The van der Waals surface area contributed by atoms with E-state index in [1.54, 1.807) is 7.05 Å². The van der Waals surface area contributed by atoms with E-state index in [0.717, 1.165) is 25.0 Å². The minimum atomic E-state index is -4.72. The quantitative estimate of drug-likeness (QED) is 0.771. The zero-order chi connectivity index (χ0) is 17.5. The molecule has 2 saturated heterocycles. The third-order valence-corrected chi connectivity index (χ3v) is 4.50. The average Bonchev–Trinajstić information content (AvgIpc) is 2.74. The number of nitrogens with zero attached hydrogens (tertiary/aromatic N) is 2. The summed E-state index contributed by atoms with van der Waals surface area (Å²) < 4.78 is 57.3.